The highest BCUT2D eigenvalue weighted by molar-refractivity contribution is 5.85. The zero-order valence-corrected chi connectivity index (χ0v) is 10.2. The van der Waals surface area contributed by atoms with Crippen molar-refractivity contribution in [2.75, 3.05) is 27.2 Å². The molecule has 5 heteroatoms. The van der Waals surface area contributed by atoms with Gasteiger partial charge in [0.25, 0.3) is 0 Å². The van der Waals surface area contributed by atoms with E-state index in [-0.39, 0.29) is 30.3 Å². The van der Waals surface area contributed by atoms with E-state index in [1.54, 1.807) is 14.1 Å². The van der Waals surface area contributed by atoms with Crippen LogP contribution in [0.25, 0.3) is 0 Å². The molecule has 2 amide bonds. The highest BCUT2D eigenvalue weighted by Gasteiger charge is 2.30. The van der Waals surface area contributed by atoms with Crippen LogP contribution >= 0.6 is 0 Å². The lowest BCUT2D eigenvalue weighted by molar-refractivity contribution is -0.139. The SMILES string of the molecule is CNC(=O)CN(C)C(=O)C1CCCNC1C. The highest BCUT2D eigenvalue weighted by Crippen LogP contribution is 2.18. The van der Waals surface area contributed by atoms with Gasteiger partial charge in [0, 0.05) is 20.1 Å². The van der Waals surface area contributed by atoms with Crippen molar-refractivity contribution in [3.8, 4) is 0 Å². The molecule has 0 aliphatic carbocycles. The van der Waals surface area contributed by atoms with Gasteiger partial charge in [-0.3, -0.25) is 9.59 Å². The highest BCUT2D eigenvalue weighted by atomic mass is 16.2. The van der Waals surface area contributed by atoms with Crippen molar-refractivity contribution in [3.63, 3.8) is 0 Å². The Labute approximate surface area is 96.6 Å². The monoisotopic (exact) mass is 227 g/mol. The first-order valence-electron chi connectivity index (χ1n) is 5.75. The Morgan fingerprint density at radius 1 is 1.50 bits per heavy atom. The third-order valence-corrected chi connectivity index (χ3v) is 3.11. The minimum atomic E-state index is -0.132. The number of rotatable bonds is 3. The molecular formula is C11H21N3O2. The molecule has 92 valence electrons. The van der Waals surface area contributed by atoms with E-state index < -0.39 is 0 Å². The number of likely N-dealkylation sites (N-methyl/N-ethyl adjacent to an activating group) is 2. The van der Waals surface area contributed by atoms with Gasteiger partial charge in [-0.1, -0.05) is 0 Å². The van der Waals surface area contributed by atoms with E-state index in [9.17, 15) is 9.59 Å². The number of amides is 2. The minimum Gasteiger partial charge on any atom is -0.358 e. The largest absolute Gasteiger partial charge is 0.358 e. The maximum atomic E-state index is 12.1. The topological polar surface area (TPSA) is 61.4 Å². The lowest BCUT2D eigenvalue weighted by Crippen LogP contribution is -2.48. The molecular weight excluding hydrogens is 206 g/mol. The van der Waals surface area contributed by atoms with Crippen LogP contribution in [0.5, 0.6) is 0 Å². The second kappa shape index (κ2) is 5.84. The van der Waals surface area contributed by atoms with Crippen molar-refractivity contribution < 1.29 is 9.59 Å². The fourth-order valence-corrected chi connectivity index (χ4v) is 2.04. The van der Waals surface area contributed by atoms with Crippen molar-refractivity contribution in [1.29, 1.82) is 0 Å². The molecule has 16 heavy (non-hydrogen) atoms. The van der Waals surface area contributed by atoms with Crippen molar-refractivity contribution in [2.45, 2.75) is 25.8 Å². The van der Waals surface area contributed by atoms with Crippen molar-refractivity contribution >= 4 is 11.8 Å². The summed E-state index contributed by atoms with van der Waals surface area (Å²) in [6, 6.07) is 0.202. The molecule has 1 saturated heterocycles. The van der Waals surface area contributed by atoms with Crippen molar-refractivity contribution in [1.82, 2.24) is 15.5 Å². The quantitative estimate of drug-likeness (QED) is 0.688. The molecule has 1 heterocycles. The van der Waals surface area contributed by atoms with Gasteiger partial charge in [0.1, 0.15) is 0 Å². The van der Waals surface area contributed by atoms with E-state index in [1.807, 2.05) is 6.92 Å². The average molecular weight is 227 g/mol. The van der Waals surface area contributed by atoms with Crippen LogP contribution in [0.4, 0.5) is 0 Å². The summed E-state index contributed by atoms with van der Waals surface area (Å²) in [5.41, 5.74) is 0. The van der Waals surface area contributed by atoms with Gasteiger partial charge < -0.3 is 15.5 Å². The van der Waals surface area contributed by atoms with Crippen LogP contribution in [0.15, 0.2) is 0 Å². The molecule has 0 aromatic carbocycles. The van der Waals surface area contributed by atoms with Gasteiger partial charge in [-0.25, -0.2) is 0 Å². The van der Waals surface area contributed by atoms with Crippen LogP contribution in [0.3, 0.4) is 0 Å². The fraction of sp³-hybridized carbons (Fsp3) is 0.818. The van der Waals surface area contributed by atoms with Gasteiger partial charge in [-0.05, 0) is 26.3 Å². The van der Waals surface area contributed by atoms with Gasteiger partial charge in [0.2, 0.25) is 11.8 Å². The maximum Gasteiger partial charge on any atom is 0.239 e. The number of nitrogens with one attached hydrogen (secondary N) is 2. The van der Waals surface area contributed by atoms with Gasteiger partial charge in [-0.15, -0.1) is 0 Å². The van der Waals surface area contributed by atoms with Crippen LogP contribution in [0.1, 0.15) is 19.8 Å². The normalized spacial score (nSPS) is 24.9. The summed E-state index contributed by atoms with van der Waals surface area (Å²) in [6.45, 7) is 3.14. The number of hydrogen-bond donors (Lipinski definition) is 2. The van der Waals surface area contributed by atoms with Crippen molar-refractivity contribution in [2.24, 2.45) is 5.92 Å². The minimum absolute atomic E-state index is 0.00315. The maximum absolute atomic E-state index is 12.1. The number of carbonyl (C=O) groups is 2. The average Bonchev–Trinajstić information content (AvgIpc) is 2.28. The second-order valence-electron chi connectivity index (χ2n) is 4.36. The number of nitrogens with zero attached hydrogens (tertiary/aromatic N) is 1. The predicted octanol–water partition coefficient (Wildman–Crippen LogP) is -0.421. The molecule has 1 aliphatic heterocycles. The van der Waals surface area contributed by atoms with E-state index in [2.05, 4.69) is 10.6 Å². The van der Waals surface area contributed by atoms with E-state index in [4.69, 9.17) is 0 Å². The van der Waals surface area contributed by atoms with E-state index in [0.29, 0.717) is 0 Å². The van der Waals surface area contributed by atoms with Gasteiger partial charge in [0.15, 0.2) is 0 Å². The molecule has 2 N–H and O–H groups in total. The summed E-state index contributed by atoms with van der Waals surface area (Å²) in [4.78, 5) is 24.7. The summed E-state index contributed by atoms with van der Waals surface area (Å²) in [5, 5.41) is 5.80. The first-order chi connectivity index (χ1) is 7.56. The van der Waals surface area contributed by atoms with Crippen LogP contribution in [0.2, 0.25) is 0 Å². The lowest BCUT2D eigenvalue weighted by Gasteiger charge is -2.31. The van der Waals surface area contributed by atoms with Crippen LogP contribution < -0.4 is 10.6 Å². The molecule has 0 saturated carbocycles. The Balaban J connectivity index is 2.51. The first kappa shape index (κ1) is 13.0. The zero-order chi connectivity index (χ0) is 12.1. The molecule has 5 nitrogen and oxygen atoms in total. The lowest BCUT2D eigenvalue weighted by atomic mass is 9.91. The summed E-state index contributed by atoms with van der Waals surface area (Å²) in [6.07, 6.45) is 1.93. The summed E-state index contributed by atoms with van der Waals surface area (Å²) < 4.78 is 0. The Bertz CT molecular complexity index is 268. The summed E-state index contributed by atoms with van der Waals surface area (Å²) in [5.74, 6) is -0.0704. The van der Waals surface area contributed by atoms with E-state index in [0.717, 1.165) is 19.4 Å². The molecule has 1 fully saturated rings. The molecule has 0 aromatic rings. The molecule has 2 unspecified atom stereocenters. The summed E-state index contributed by atoms with van der Waals surface area (Å²) >= 11 is 0. The standard InChI is InChI=1S/C11H21N3O2/c1-8-9(5-4-6-13-8)11(16)14(3)7-10(15)12-2/h8-9,13H,4-7H2,1-3H3,(H,12,15). The van der Waals surface area contributed by atoms with Crippen LogP contribution in [-0.2, 0) is 9.59 Å². The van der Waals surface area contributed by atoms with Gasteiger partial charge >= 0.3 is 0 Å². The Kier molecular flexibility index (Phi) is 4.73. The molecule has 0 aromatic heterocycles. The molecule has 0 bridgehead atoms. The first-order valence-corrected chi connectivity index (χ1v) is 5.75. The third-order valence-electron chi connectivity index (χ3n) is 3.11. The van der Waals surface area contributed by atoms with E-state index in [1.165, 1.54) is 4.90 Å². The summed E-state index contributed by atoms with van der Waals surface area (Å²) in [7, 11) is 3.25. The number of piperidine rings is 1. The molecule has 0 spiro atoms. The number of hydrogen-bond acceptors (Lipinski definition) is 3. The molecule has 1 aliphatic rings. The van der Waals surface area contributed by atoms with Gasteiger partial charge in [0.05, 0.1) is 12.5 Å². The Morgan fingerprint density at radius 2 is 2.19 bits per heavy atom. The Hall–Kier alpha value is -1.10. The van der Waals surface area contributed by atoms with Crippen LogP contribution in [-0.4, -0.2) is 49.9 Å². The molecule has 0 radical (unpaired) electrons. The van der Waals surface area contributed by atoms with Crippen molar-refractivity contribution in [3.05, 3.63) is 0 Å². The fourth-order valence-electron chi connectivity index (χ4n) is 2.04. The van der Waals surface area contributed by atoms with Gasteiger partial charge in [-0.2, -0.15) is 0 Å². The third kappa shape index (κ3) is 3.20. The predicted molar refractivity (Wildman–Crippen MR) is 61.9 cm³/mol. The number of carbonyl (C=O) groups excluding carboxylic acids is 2. The van der Waals surface area contributed by atoms with E-state index >= 15 is 0 Å². The molecule has 1 rings (SSSR count). The molecule has 2 atom stereocenters. The zero-order valence-electron chi connectivity index (χ0n) is 10.2. The smallest absolute Gasteiger partial charge is 0.239 e. The Morgan fingerprint density at radius 3 is 2.75 bits per heavy atom. The second-order valence-corrected chi connectivity index (χ2v) is 4.36. The van der Waals surface area contributed by atoms with Crippen LogP contribution in [0, 0.1) is 5.92 Å².